The van der Waals surface area contributed by atoms with Crippen molar-refractivity contribution in [3.05, 3.63) is 46.9 Å². The molecule has 1 saturated carbocycles. The van der Waals surface area contributed by atoms with Crippen molar-refractivity contribution in [1.82, 2.24) is 9.97 Å². The van der Waals surface area contributed by atoms with E-state index in [9.17, 15) is 13.2 Å². The lowest BCUT2D eigenvalue weighted by molar-refractivity contribution is -0.118. The van der Waals surface area contributed by atoms with E-state index in [1.165, 1.54) is 18.5 Å². The van der Waals surface area contributed by atoms with E-state index in [4.69, 9.17) is 16.8 Å². The second-order valence-corrected chi connectivity index (χ2v) is 10.3. The van der Waals surface area contributed by atoms with E-state index in [0.29, 0.717) is 29.3 Å². The molecule has 0 saturated heterocycles. The first-order valence-corrected chi connectivity index (χ1v) is 12.3. The van der Waals surface area contributed by atoms with Crippen LogP contribution in [-0.4, -0.2) is 41.5 Å². The molecule has 0 unspecified atom stereocenters. The summed E-state index contributed by atoms with van der Waals surface area (Å²) in [6.45, 7) is 1.59. The summed E-state index contributed by atoms with van der Waals surface area (Å²) in [7, 11) is -3.46. The Hall–Kier alpha value is -2.52. The van der Waals surface area contributed by atoms with Crippen LogP contribution < -0.4 is 5.32 Å². The van der Waals surface area contributed by atoms with E-state index in [1.54, 1.807) is 19.1 Å². The molecule has 1 aliphatic carbocycles. The van der Waals surface area contributed by atoms with Gasteiger partial charge in [0.2, 0.25) is 5.91 Å². The smallest absolute Gasteiger partial charge is 0.233 e. The summed E-state index contributed by atoms with van der Waals surface area (Å²) in [5.74, 6) is -0.0724. The van der Waals surface area contributed by atoms with Crippen LogP contribution in [-0.2, 0) is 14.6 Å². The zero-order chi connectivity index (χ0) is 22.6. The summed E-state index contributed by atoms with van der Waals surface area (Å²) in [5.41, 5.74) is 1.37. The zero-order valence-electron chi connectivity index (χ0n) is 17.4. The third-order valence-electron chi connectivity index (χ3n) is 5.54. The van der Waals surface area contributed by atoms with Gasteiger partial charge in [0.1, 0.15) is 11.4 Å². The predicted molar refractivity (Wildman–Crippen MR) is 119 cm³/mol. The van der Waals surface area contributed by atoms with Gasteiger partial charge in [0.25, 0.3) is 0 Å². The molecular formula is C21H25ClN4O4S. The van der Waals surface area contributed by atoms with Gasteiger partial charge >= 0.3 is 0 Å². The first-order chi connectivity index (χ1) is 14.7. The molecule has 0 aliphatic heterocycles. The largest absolute Gasteiger partial charge is 0.411 e. The van der Waals surface area contributed by atoms with Gasteiger partial charge < -0.3 is 10.5 Å². The highest BCUT2D eigenvalue weighted by Gasteiger charge is 2.28. The Labute approximate surface area is 186 Å². The van der Waals surface area contributed by atoms with Crippen LogP contribution in [0.15, 0.2) is 40.6 Å². The van der Waals surface area contributed by atoms with Crippen molar-refractivity contribution in [2.75, 3.05) is 11.6 Å². The maximum absolute atomic E-state index is 13.2. The number of halogens is 1. The van der Waals surface area contributed by atoms with Crippen LogP contribution in [0.25, 0.3) is 0 Å². The number of carbonyl (C=O) groups is 1. The lowest BCUT2D eigenvalue weighted by Crippen LogP contribution is -2.24. The molecule has 8 nitrogen and oxygen atoms in total. The molecule has 1 atom stereocenters. The fraction of sp³-hybridized carbons (Fsp3) is 0.429. The summed E-state index contributed by atoms with van der Waals surface area (Å²) >= 11 is 6.24. The minimum atomic E-state index is -3.46. The Bertz CT molecular complexity index is 1080. The van der Waals surface area contributed by atoms with Crippen LogP contribution in [0.1, 0.15) is 56.2 Å². The topological polar surface area (TPSA) is 122 Å². The van der Waals surface area contributed by atoms with Gasteiger partial charge in [0.05, 0.1) is 28.2 Å². The van der Waals surface area contributed by atoms with Crippen molar-refractivity contribution in [3.63, 3.8) is 0 Å². The summed E-state index contributed by atoms with van der Waals surface area (Å²) < 4.78 is 23.8. The van der Waals surface area contributed by atoms with Crippen molar-refractivity contribution in [2.45, 2.75) is 49.8 Å². The number of nitrogens with one attached hydrogen (secondary N) is 1. The summed E-state index contributed by atoms with van der Waals surface area (Å²) in [4.78, 5) is 21.5. The Balaban J connectivity index is 1.86. The number of oxime groups is 1. The van der Waals surface area contributed by atoms with E-state index >= 15 is 0 Å². The molecule has 1 heterocycles. The van der Waals surface area contributed by atoms with E-state index in [-0.39, 0.29) is 21.6 Å². The molecule has 0 bridgehead atoms. The molecule has 166 valence electrons. The summed E-state index contributed by atoms with van der Waals surface area (Å²) in [5, 5.41) is 14.8. The van der Waals surface area contributed by atoms with E-state index < -0.39 is 15.8 Å². The third-order valence-corrected chi connectivity index (χ3v) is 7.12. The minimum absolute atomic E-state index is 0.0420. The van der Waals surface area contributed by atoms with Crippen LogP contribution in [0.4, 0.5) is 5.82 Å². The number of anilines is 1. The van der Waals surface area contributed by atoms with Crippen molar-refractivity contribution < 1.29 is 18.4 Å². The number of sulfone groups is 1. The van der Waals surface area contributed by atoms with Crippen molar-refractivity contribution in [1.29, 1.82) is 0 Å². The van der Waals surface area contributed by atoms with Crippen LogP contribution in [0, 0.1) is 5.92 Å². The Morgan fingerprint density at radius 3 is 2.55 bits per heavy atom. The second kappa shape index (κ2) is 9.74. The number of nitrogens with zero attached hydrogens (tertiary/aromatic N) is 3. The molecular weight excluding hydrogens is 440 g/mol. The quantitative estimate of drug-likeness (QED) is 0.362. The maximum Gasteiger partial charge on any atom is 0.233 e. The molecule has 2 N–H and O–H groups in total. The number of hydrogen-bond donors (Lipinski definition) is 2. The second-order valence-electron chi connectivity index (χ2n) is 7.86. The van der Waals surface area contributed by atoms with Crippen LogP contribution >= 0.6 is 11.6 Å². The molecule has 3 rings (SSSR count). The fourth-order valence-corrected chi connectivity index (χ4v) is 5.19. The number of benzene rings is 1. The SMILES string of the molecule is CC(=NO)c1cnc(NC(=O)[C@H](CC2CCCC2)c2ccc(S(C)(=O)=O)c(Cl)c2)cn1. The highest BCUT2D eigenvalue weighted by Crippen LogP contribution is 2.36. The lowest BCUT2D eigenvalue weighted by Gasteiger charge is -2.21. The van der Waals surface area contributed by atoms with Crippen LogP contribution in [0.5, 0.6) is 0 Å². The number of aromatic nitrogens is 2. The maximum atomic E-state index is 13.2. The molecule has 0 spiro atoms. The Morgan fingerprint density at radius 2 is 2.00 bits per heavy atom. The van der Waals surface area contributed by atoms with Gasteiger partial charge in [0.15, 0.2) is 15.7 Å². The van der Waals surface area contributed by atoms with Crippen LogP contribution in [0.3, 0.4) is 0 Å². The van der Waals surface area contributed by atoms with Gasteiger partial charge in [-0.05, 0) is 37.0 Å². The molecule has 10 heteroatoms. The van der Waals surface area contributed by atoms with Gasteiger partial charge in [-0.1, -0.05) is 48.5 Å². The normalized spacial score (nSPS) is 16.3. The third kappa shape index (κ3) is 5.80. The first-order valence-electron chi connectivity index (χ1n) is 10.0. The molecule has 1 aromatic carbocycles. The first kappa shape index (κ1) is 23.1. The van der Waals surface area contributed by atoms with Gasteiger partial charge in [-0.3, -0.25) is 4.79 Å². The average molecular weight is 465 g/mol. The molecule has 1 fully saturated rings. The van der Waals surface area contributed by atoms with E-state index in [1.807, 2.05) is 0 Å². The standard InChI is InChI=1S/C21H25ClN4O4S/c1-13(26-28)18-11-24-20(12-23-18)25-21(27)16(9-14-5-3-4-6-14)15-7-8-19(17(22)10-15)31(2,29)30/h7-8,10-12,14,16,28H,3-6,9H2,1-2H3,(H,24,25,27)/t16-/m1/s1. The zero-order valence-corrected chi connectivity index (χ0v) is 18.9. The highest BCUT2D eigenvalue weighted by molar-refractivity contribution is 7.90. The van der Waals surface area contributed by atoms with Gasteiger partial charge in [-0.15, -0.1) is 0 Å². The number of hydrogen-bond acceptors (Lipinski definition) is 7. The number of carbonyl (C=O) groups excluding carboxylic acids is 1. The molecule has 1 aromatic heterocycles. The van der Waals surface area contributed by atoms with Crippen molar-refractivity contribution in [3.8, 4) is 0 Å². The van der Waals surface area contributed by atoms with Crippen molar-refractivity contribution >= 4 is 38.9 Å². The number of rotatable bonds is 7. The van der Waals surface area contributed by atoms with Gasteiger partial charge in [-0.2, -0.15) is 0 Å². The molecule has 31 heavy (non-hydrogen) atoms. The number of amides is 1. The van der Waals surface area contributed by atoms with E-state index in [0.717, 1.165) is 31.9 Å². The lowest BCUT2D eigenvalue weighted by atomic mass is 9.87. The average Bonchev–Trinajstić information content (AvgIpc) is 3.24. The van der Waals surface area contributed by atoms with Crippen molar-refractivity contribution in [2.24, 2.45) is 11.1 Å². The Morgan fingerprint density at radius 1 is 1.29 bits per heavy atom. The molecule has 1 aliphatic rings. The van der Waals surface area contributed by atoms with Gasteiger partial charge in [0, 0.05) is 6.26 Å². The van der Waals surface area contributed by atoms with Crippen LogP contribution in [0.2, 0.25) is 5.02 Å². The highest BCUT2D eigenvalue weighted by atomic mass is 35.5. The molecule has 2 aromatic rings. The van der Waals surface area contributed by atoms with Gasteiger partial charge in [-0.25, -0.2) is 18.4 Å². The van der Waals surface area contributed by atoms with E-state index in [2.05, 4.69) is 20.4 Å². The monoisotopic (exact) mass is 464 g/mol. The fourth-order valence-electron chi connectivity index (χ4n) is 3.85. The summed E-state index contributed by atoms with van der Waals surface area (Å²) in [6.07, 6.45) is 8.96. The Kier molecular flexibility index (Phi) is 7.27. The minimum Gasteiger partial charge on any atom is -0.411 e. The predicted octanol–water partition coefficient (Wildman–Crippen LogP) is 4.03. The summed E-state index contributed by atoms with van der Waals surface area (Å²) in [6, 6.07) is 4.66. The molecule has 0 radical (unpaired) electrons. The molecule has 1 amide bonds.